The molecule has 2 N–H and O–H groups in total. The second kappa shape index (κ2) is 3.32. The molecule has 3 nitrogen and oxygen atoms in total. The number of pyridine rings is 1. The average molecular weight is 212 g/mol. The van der Waals surface area contributed by atoms with Gasteiger partial charge in [-0.1, -0.05) is 11.6 Å². The molecule has 0 aromatic carbocycles. The SMILES string of the molecule is Nc1nc(-c2ccc(Cl)nc2)cs1. The van der Waals surface area contributed by atoms with E-state index in [9.17, 15) is 0 Å². The monoisotopic (exact) mass is 211 g/mol. The summed E-state index contributed by atoms with van der Waals surface area (Å²) < 4.78 is 0. The molecule has 13 heavy (non-hydrogen) atoms. The molecule has 5 heteroatoms. The van der Waals surface area contributed by atoms with E-state index in [2.05, 4.69) is 9.97 Å². The Balaban J connectivity index is 2.41. The van der Waals surface area contributed by atoms with Crippen LogP contribution in [0, 0.1) is 0 Å². The summed E-state index contributed by atoms with van der Waals surface area (Å²) in [5.41, 5.74) is 7.27. The van der Waals surface area contributed by atoms with E-state index < -0.39 is 0 Å². The molecule has 0 saturated carbocycles. The summed E-state index contributed by atoms with van der Waals surface area (Å²) in [7, 11) is 0. The zero-order chi connectivity index (χ0) is 9.26. The molecular formula is C8H6ClN3S. The number of nitrogen functional groups attached to an aromatic ring is 1. The first kappa shape index (κ1) is 8.47. The smallest absolute Gasteiger partial charge is 0.180 e. The predicted octanol–water partition coefficient (Wildman–Crippen LogP) is 2.44. The van der Waals surface area contributed by atoms with Gasteiger partial charge in [0.1, 0.15) is 5.15 Å². The first-order valence-corrected chi connectivity index (χ1v) is 4.84. The molecule has 0 amide bonds. The standard InChI is InChI=1S/C8H6ClN3S/c9-7-2-1-5(3-11-7)6-4-13-8(10)12-6/h1-4H,(H2,10,12). The molecule has 0 aliphatic rings. The number of hydrogen-bond donors (Lipinski definition) is 1. The number of hydrogen-bond acceptors (Lipinski definition) is 4. The van der Waals surface area contributed by atoms with E-state index in [1.165, 1.54) is 11.3 Å². The summed E-state index contributed by atoms with van der Waals surface area (Å²) >= 11 is 7.06. The van der Waals surface area contributed by atoms with Crippen LogP contribution in [0.1, 0.15) is 0 Å². The van der Waals surface area contributed by atoms with Gasteiger partial charge in [-0.05, 0) is 12.1 Å². The van der Waals surface area contributed by atoms with Crippen LogP contribution in [0.15, 0.2) is 23.7 Å². The lowest BCUT2D eigenvalue weighted by Gasteiger charge is -1.94. The normalized spacial score (nSPS) is 10.2. The largest absolute Gasteiger partial charge is 0.375 e. The van der Waals surface area contributed by atoms with Crippen molar-refractivity contribution in [2.45, 2.75) is 0 Å². The van der Waals surface area contributed by atoms with Crippen LogP contribution in [-0.4, -0.2) is 9.97 Å². The third-order valence-electron chi connectivity index (χ3n) is 1.55. The lowest BCUT2D eigenvalue weighted by atomic mass is 10.2. The van der Waals surface area contributed by atoms with Crippen LogP contribution in [0.25, 0.3) is 11.3 Å². The molecule has 0 atom stereocenters. The number of anilines is 1. The van der Waals surface area contributed by atoms with Crippen LogP contribution in [0.3, 0.4) is 0 Å². The Morgan fingerprint density at radius 2 is 2.23 bits per heavy atom. The molecule has 0 radical (unpaired) electrons. The highest BCUT2D eigenvalue weighted by Crippen LogP contribution is 2.22. The highest BCUT2D eigenvalue weighted by atomic mass is 35.5. The molecule has 0 spiro atoms. The van der Waals surface area contributed by atoms with Gasteiger partial charge < -0.3 is 5.73 Å². The van der Waals surface area contributed by atoms with Crippen molar-refractivity contribution < 1.29 is 0 Å². The number of nitrogens with zero attached hydrogens (tertiary/aromatic N) is 2. The third kappa shape index (κ3) is 1.79. The van der Waals surface area contributed by atoms with Crippen molar-refractivity contribution in [1.29, 1.82) is 0 Å². The first-order valence-electron chi connectivity index (χ1n) is 3.58. The van der Waals surface area contributed by atoms with Gasteiger partial charge in [0.25, 0.3) is 0 Å². The zero-order valence-electron chi connectivity index (χ0n) is 6.57. The fraction of sp³-hybridized carbons (Fsp3) is 0. The van der Waals surface area contributed by atoms with Gasteiger partial charge in [0, 0.05) is 17.1 Å². The maximum absolute atomic E-state index is 5.65. The fourth-order valence-electron chi connectivity index (χ4n) is 0.948. The Bertz CT molecular complexity index is 410. The minimum atomic E-state index is 0.479. The summed E-state index contributed by atoms with van der Waals surface area (Å²) in [6.45, 7) is 0. The van der Waals surface area contributed by atoms with Crippen molar-refractivity contribution in [2.75, 3.05) is 5.73 Å². The minimum Gasteiger partial charge on any atom is -0.375 e. The third-order valence-corrected chi connectivity index (χ3v) is 2.44. The van der Waals surface area contributed by atoms with Crippen LogP contribution in [0.4, 0.5) is 5.13 Å². The topological polar surface area (TPSA) is 51.8 Å². The van der Waals surface area contributed by atoms with Gasteiger partial charge in [0.05, 0.1) is 5.69 Å². The van der Waals surface area contributed by atoms with Gasteiger partial charge in [-0.25, -0.2) is 9.97 Å². The van der Waals surface area contributed by atoms with Gasteiger partial charge in [-0.15, -0.1) is 11.3 Å². The number of thiazole rings is 1. The number of aromatic nitrogens is 2. The molecule has 2 aromatic heterocycles. The Morgan fingerprint density at radius 3 is 2.77 bits per heavy atom. The summed E-state index contributed by atoms with van der Waals surface area (Å²) in [4.78, 5) is 8.08. The summed E-state index contributed by atoms with van der Waals surface area (Å²) in [5, 5.41) is 2.93. The highest BCUT2D eigenvalue weighted by Gasteiger charge is 2.01. The Hall–Kier alpha value is -1.13. The van der Waals surface area contributed by atoms with Crippen LogP contribution >= 0.6 is 22.9 Å². The van der Waals surface area contributed by atoms with Gasteiger partial charge in [0.2, 0.25) is 0 Å². The summed E-state index contributed by atoms with van der Waals surface area (Å²) in [6, 6.07) is 3.59. The van der Waals surface area contributed by atoms with E-state index in [0.717, 1.165) is 11.3 Å². The number of rotatable bonds is 1. The zero-order valence-corrected chi connectivity index (χ0v) is 8.14. The highest BCUT2D eigenvalue weighted by molar-refractivity contribution is 7.13. The molecule has 66 valence electrons. The van der Waals surface area contributed by atoms with E-state index in [1.807, 2.05) is 11.4 Å². The van der Waals surface area contributed by atoms with Crippen molar-refractivity contribution in [1.82, 2.24) is 9.97 Å². The van der Waals surface area contributed by atoms with E-state index in [-0.39, 0.29) is 0 Å². The van der Waals surface area contributed by atoms with Crippen molar-refractivity contribution in [3.8, 4) is 11.3 Å². The van der Waals surface area contributed by atoms with Gasteiger partial charge >= 0.3 is 0 Å². The molecule has 0 bridgehead atoms. The summed E-state index contributed by atoms with van der Waals surface area (Å²) in [6.07, 6.45) is 1.68. The minimum absolute atomic E-state index is 0.479. The lowest BCUT2D eigenvalue weighted by Crippen LogP contribution is -1.83. The molecular weight excluding hydrogens is 206 g/mol. The maximum atomic E-state index is 5.65. The van der Waals surface area contributed by atoms with E-state index >= 15 is 0 Å². The van der Waals surface area contributed by atoms with Crippen LogP contribution in [-0.2, 0) is 0 Å². The quantitative estimate of drug-likeness (QED) is 0.738. The second-order valence-electron chi connectivity index (χ2n) is 2.44. The van der Waals surface area contributed by atoms with Crippen molar-refractivity contribution in [2.24, 2.45) is 0 Å². The predicted molar refractivity (Wildman–Crippen MR) is 54.8 cm³/mol. The molecule has 2 heterocycles. The summed E-state index contributed by atoms with van der Waals surface area (Å²) in [5.74, 6) is 0. The van der Waals surface area contributed by atoms with Crippen molar-refractivity contribution in [3.05, 3.63) is 28.9 Å². The number of halogens is 1. The van der Waals surface area contributed by atoms with Crippen LogP contribution in [0.2, 0.25) is 5.15 Å². The molecule has 2 aromatic rings. The second-order valence-corrected chi connectivity index (χ2v) is 3.72. The van der Waals surface area contributed by atoms with Crippen molar-refractivity contribution in [3.63, 3.8) is 0 Å². The lowest BCUT2D eigenvalue weighted by molar-refractivity contribution is 1.31. The Kier molecular flexibility index (Phi) is 2.16. The first-order chi connectivity index (χ1) is 6.25. The van der Waals surface area contributed by atoms with Crippen molar-refractivity contribution >= 4 is 28.1 Å². The van der Waals surface area contributed by atoms with Gasteiger partial charge in [-0.3, -0.25) is 0 Å². The molecule has 2 rings (SSSR count). The van der Waals surface area contributed by atoms with Crippen LogP contribution < -0.4 is 5.73 Å². The maximum Gasteiger partial charge on any atom is 0.180 e. The molecule has 0 fully saturated rings. The van der Waals surface area contributed by atoms with Gasteiger partial charge in [0.15, 0.2) is 5.13 Å². The van der Waals surface area contributed by atoms with E-state index in [4.69, 9.17) is 17.3 Å². The number of nitrogens with two attached hydrogens (primary N) is 1. The molecule has 0 saturated heterocycles. The Morgan fingerprint density at radius 1 is 1.38 bits per heavy atom. The van der Waals surface area contributed by atoms with Gasteiger partial charge in [-0.2, -0.15) is 0 Å². The fourth-order valence-corrected chi connectivity index (χ4v) is 1.63. The molecule has 0 aliphatic carbocycles. The Labute approximate surface area is 84.2 Å². The van der Waals surface area contributed by atoms with E-state index in [1.54, 1.807) is 12.3 Å². The van der Waals surface area contributed by atoms with Crippen LogP contribution in [0.5, 0.6) is 0 Å². The molecule has 0 unspecified atom stereocenters. The van der Waals surface area contributed by atoms with E-state index in [0.29, 0.717) is 10.3 Å². The molecule has 0 aliphatic heterocycles. The average Bonchev–Trinajstić information content (AvgIpc) is 2.53.